The molecule has 0 saturated heterocycles. The van der Waals surface area contributed by atoms with E-state index in [0.29, 0.717) is 11.0 Å². The fourth-order valence-electron chi connectivity index (χ4n) is 1.68. The van der Waals surface area contributed by atoms with Crippen molar-refractivity contribution in [3.8, 4) is 11.6 Å². The summed E-state index contributed by atoms with van der Waals surface area (Å²) in [5, 5.41) is 4.56. The van der Waals surface area contributed by atoms with Crippen LogP contribution in [0.4, 0.5) is 8.78 Å². The van der Waals surface area contributed by atoms with Crippen LogP contribution in [0.15, 0.2) is 30.7 Å². The van der Waals surface area contributed by atoms with Crippen molar-refractivity contribution in [2.75, 3.05) is 0 Å². The van der Waals surface area contributed by atoms with Crippen LogP contribution in [0.2, 0.25) is 0 Å². The Bertz CT molecular complexity index is 757. The maximum atomic E-state index is 13.5. The van der Waals surface area contributed by atoms with Crippen LogP contribution in [0.25, 0.3) is 11.0 Å². The monoisotopic (exact) mass is 262 g/mol. The van der Waals surface area contributed by atoms with Gasteiger partial charge in [0.25, 0.3) is 0 Å². The molecule has 0 unspecified atom stereocenters. The molecule has 7 heteroatoms. The van der Waals surface area contributed by atoms with E-state index in [1.54, 1.807) is 11.7 Å². The Morgan fingerprint density at radius 3 is 2.84 bits per heavy atom. The summed E-state index contributed by atoms with van der Waals surface area (Å²) in [6, 6.07) is 3.06. The van der Waals surface area contributed by atoms with Gasteiger partial charge in [-0.05, 0) is 12.1 Å². The van der Waals surface area contributed by atoms with Gasteiger partial charge in [0.05, 0.1) is 6.20 Å². The fraction of sp³-hybridized carbons (Fsp3) is 0.0833. The molecule has 5 nitrogen and oxygen atoms in total. The third-order valence-electron chi connectivity index (χ3n) is 2.59. The van der Waals surface area contributed by atoms with Gasteiger partial charge in [-0.1, -0.05) is 0 Å². The second-order valence-electron chi connectivity index (χ2n) is 3.86. The second-order valence-corrected chi connectivity index (χ2v) is 3.86. The number of aryl methyl sites for hydroxylation is 1. The normalized spacial score (nSPS) is 10.9. The van der Waals surface area contributed by atoms with Crippen LogP contribution in [-0.4, -0.2) is 19.7 Å². The molecule has 2 heterocycles. The average Bonchev–Trinajstić information content (AvgIpc) is 2.76. The number of fused-ring (bicyclic) bond motifs is 1. The average molecular weight is 262 g/mol. The van der Waals surface area contributed by atoms with Gasteiger partial charge in [-0.15, -0.1) is 0 Å². The molecule has 0 N–H and O–H groups in total. The predicted octanol–water partition coefficient (Wildman–Crippen LogP) is 2.43. The van der Waals surface area contributed by atoms with Crippen molar-refractivity contribution < 1.29 is 13.5 Å². The number of hydrogen-bond acceptors (Lipinski definition) is 4. The van der Waals surface area contributed by atoms with Gasteiger partial charge >= 0.3 is 0 Å². The van der Waals surface area contributed by atoms with Gasteiger partial charge in [0, 0.05) is 13.1 Å². The van der Waals surface area contributed by atoms with E-state index in [4.69, 9.17) is 4.74 Å². The highest BCUT2D eigenvalue weighted by Gasteiger charge is 2.12. The molecule has 0 amide bonds. The second kappa shape index (κ2) is 4.27. The minimum Gasteiger partial charge on any atom is -0.435 e. The smallest absolute Gasteiger partial charge is 0.233 e. The summed E-state index contributed by atoms with van der Waals surface area (Å²) in [5.41, 5.74) is 0.563. The molecule has 0 atom stereocenters. The minimum atomic E-state index is -0.796. The highest BCUT2D eigenvalue weighted by atomic mass is 19.1. The fourth-order valence-corrected chi connectivity index (χ4v) is 1.68. The van der Waals surface area contributed by atoms with Crippen LogP contribution >= 0.6 is 0 Å². The SMILES string of the molecule is Cn1ncc2c(Oc3ccc(F)cc3F)ncnc21. The quantitative estimate of drug-likeness (QED) is 0.711. The van der Waals surface area contributed by atoms with Crippen molar-refractivity contribution in [2.24, 2.45) is 7.05 Å². The zero-order chi connectivity index (χ0) is 13.4. The molecule has 0 radical (unpaired) electrons. The molecule has 0 aliphatic carbocycles. The molecule has 0 aliphatic rings. The molecular formula is C12H8F2N4O. The van der Waals surface area contributed by atoms with Crippen molar-refractivity contribution in [2.45, 2.75) is 0 Å². The molecule has 0 saturated carbocycles. The molecule has 96 valence electrons. The van der Waals surface area contributed by atoms with Crippen molar-refractivity contribution in [1.82, 2.24) is 19.7 Å². The summed E-state index contributed by atoms with van der Waals surface area (Å²) >= 11 is 0. The molecule has 1 aromatic carbocycles. The highest BCUT2D eigenvalue weighted by Crippen LogP contribution is 2.28. The molecule has 0 fully saturated rings. The zero-order valence-corrected chi connectivity index (χ0v) is 9.84. The minimum absolute atomic E-state index is 0.106. The van der Waals surface area contributed by atoms with E-state index in [2.05, 4.69) is 15.1 Å². The maximum absolute atomic E-state index is 13.5. The summed E-state index contributed by atoms with van der Waals surface area (Å²) in [6.45, 7) is 0. The largest absolute Gasteiger partial charge is 0.435 e. The number of halogens is 2. The molecule has 0 aliphatic heterocycles. The first-order valence-corrected chi connectivity index (χ1v) is 5.41. The van der Waals surface area contributed by atoms with Gasteiger partial charge in [0.1, 0.15) is 17.5 Å². The Balaban J connectivity index is 2.06. The van der Waals surface area contributed by atoms with Crippen LogP contribution in [0.5, 0.6) is 11.6 Å². The lowest BCUT2D eigenvalue weighted by Gasteiger charge is -2.06. The first kappa shape index (κ1) is 11.5. The Morgan fingerprint density at radius 2 is 2.05 bits per heavy atom. The summed E-state index contributed by atoms with van der Waals surface area (Å²) in [7, 11) is 1.72. The van der Waals surface area contributed by atoms with Crippen LogP contribution in [0, 0.1) is 11.6 Å². The topological polar surface area (TPSA) is 52.8 Å². The van der Waals surface area contributed by atoms with E-state index < -0.39 is 11.6 Å². The Hall–Kier alpha value is -2.57. The molecule has 19 heavy (non-hydrogen) atoms. The van der Waals surface area contributed by atoms with Gasteiger partial charge in [-0.25, -0.2) is 18.7 Å². The summed E-state index contributed by atoms with van der Waals surface area (Å²) in [6.07, 6.45) is 2.81. The van der Waals surface area contributed by atoms with Crippen molar-refractivity contribution in [1.29, 1.82) is 0 Å². The molecule has 0 bridgehead atoms. The Morgan fingerprint density at radius 1 is 1.21 bits per heavy atom. The van der Waals surface area contributed by atoms with Crippen LogP contribution in [0.1, 0.15) is 0 Å². The van der Waals surface area contributed by atoms with Gasteiger partial charge in [0.2, 0.25) is 5.88 Å². The van der Waals surface area contributed by atoms with Crippen LogP contribution in [-0.2, 0) is 7.05 Å². The highest BCUT2D eigenvalue weighted by molar-refractivity contribution is 5.79. The molecular weight excluding hydrogens is 254 g/mol. The van der Waals surface area contributed by atoms with E-state index in [9.17, 15) is 8.78 Å². The van der Waals surface area contributed by atoms with Crippen LogP contribution in [0.3, 0.4) is 0 Å². The third kappa shape index (κ3) is 1.99. The summed E-state index contributed by atoms with van der Waals surface area (Å²) < 4.78 is 33.2. The summed E-state index contributed by atoms with van der Waals surface area (Å²) in [4.78, 5) is 7.97. The number of nitrogens with zero attached hydrogens (tertiary/aromatic N) is 4. The molecule has 0 spiro atoms. The summed E-state index contributed by atoms with van der Waals surface area (Å²) in [5.74, 6) is -1.40. The number of ether oxygens (including phenoxy) is 1. The first-order chi connectivity index (χ1) is 9.15. The first-order valence-electron chi connectivity index (χ1n) is 5.41. The predicted molar refractivity (Wildman–Crippen MR) is 62.7 cm³/mol. The standard InChI is InChI=1S/C12H8F2N4O/c1-18-11-8(5-17-18)12(16-6-15-11)19-10-3-2-7(13)4-9(10)14/h2-6H,1H3. The molecule has 2 aromatic heterocycles. The maximum Gasteiger partial charge on any atom is 0.233 e. The van der Waals surface area contributed by atoms with E-state index in [1.807, 2.05) is 0 Å². The molecule has 3 rings (SSSR count). The van der Waals surface area contributed by atoms with Crippen molar-refractivity contribution >= 4 is 11.0 Å². The van der Waals surface area contributed by atoms with E-state index >= 15 is 0 Å². The van der Waals surface area contributed by atoms with Crippen LogP contribution < -0.4 is 4.74 Å². The zero-order valence-electron chi connectivity index (χ0n) is 9.84. The van der Waals surface area contributed by atoms with Crippen molar-refractivity contribution in [3.05, 3.63) is 42.4 Å². The van der Waals surface area contributed by atoms with Gasteiger partial charge in [-0.3, -0.25) is 4.68 Å². The number of aromatic nitrogens is 4. The van der Waals surface area contributed by atoms with Gasteiger partial charge in [-0.2, -0.15) is 5.10 Å². The third-order valence-corrected chi connectivity index (χ3v) is 2.59. The number of hydrogen-bond donors (Lipinski definition) is 0. The van der Waals surface area contributed by atoms with Crippen molar-refractivity contribution in [3.63, 3.8) is 0 Å². The lowest BCUT2D eigenvalue weighted by molar-refractivity contribution is 0.427. The Kier molecular flexibility index (Phi) is 2.59. The lowest BCUT2D eigenvalue weighted by atomic mass is 10.3. The van der Waals surface area contributed by atoms with E-state index in [-0.39, 0.29) is 11.6 Å². The number of rotatable bonds is 2. The van der Waals surface area contributed by atoms with E-state index in [1.165, 1.54) is 18.6 Å². The van der Waals surface area contributed by atoms with E-state index in [0.717, 1.165) is 12.1 Å². The molecule has 3 aromatic rings. The van der Waals surface area contributed by atoms with Gasteiger partial charge in [0.15, 0.2) is 17.2 Å². The van der Waals surface area contributed by atoms with Gasteiger partial charge < -0.3 is 4.74 Å². The Labute approximate surface area is 106 Å². The number of benzene rings is 1. The lowest BCUT2D eigenvalue weighted by Crippen LogP contribution is -1.95.